The smallest absolute Gasteiger partial charge is 0.271 e. The highest BCUT2D eigenvalue weighted by molar-refractivity contribution is 7.32. The Labute approximate surface area is 502 Å². The van der Waals surface area contributed by atoms with Gasteiger partial charge in [0.05, 0.1) is 15.1 Å². The van der Waals surface area contributed by atoms with Crippen molar-refractivity contribution in [2.24, 2.45) is 11.8 Å². The van der Waals surface area contributed by atoms with Crippen molar-refractivity contribution in [3.8, 4) is 30.6 Å². The van der Waals surface area contributed by atoms with Crippen LogP contribution in [0.15, 0.2) is 97.1 Å². The first-order valence-corrected chi connectivity index (χ1v) is 35.6. The van der Waals surface area contributed by atoms with Gasteiger partial charge in [-0.2, -0.15) is 0 Å². The van der Waals surface area contributed by atoms with Gasteiger partial charge >= 0.3 is 0 Å². The largest absolute Gasteiger partial charge is 0.274 e. The fraction of sp³-hybridized carbons (Fsp3) is 0.465. The fourth-order valence-corrected chi connectivity index (χ4v) is 21.3. The first-order chi connectivity index (χ1) is 38.9. The van der Waals surface area contributed by atoms with Crippen LogP contribution in [-0.4, -0.2) is 23.3 Å². The standard InChI is InChI=1S/C71H85NO2S6/c1-10-17-20-21-22-29-41-72-68(73)61-60-65(79-66(61)69(72)74)64(80-67(60)70(8,9)48-32-25-23-26-33-48)56-44-52-58(54-38-36-50(75-54)42-46(14-5)30-18-11-2)63-53(45-57(78-63)71(16-7,40-13-4)49-34-27-24-28-35-49)59(62(52)77-56)55-39-37-51(76-55)43-47(15-6)31-19-12-3/h23-28,32-39,44-47H,10-22,29-31,40-43H2,1-9H3. The Kier molecular flexibility index (Phi) is 19.3. The number of carbonyl (C=O) groups excluding carboxylic acids is 2. The lowest BCUT2D eigenvalue weighted by Crippen LogP contribution is -2.30. The van der Waals surface area contributed by atoms with E-state index in [0.717, 1.165) is 66.3 Å². The molecule has 0 spiro atoms. The Morgan fingerprint density at radius 2 is 1.05 bits per heavy atom. The van der Waals surface area contributed by atoms with Crippen molar-refractivity contribution in [2.45, 2.75) is 195 Å². The Balaban J connectivity index is 1.23. The number of hydrogen-bond acceptors (Lipinski definition) is 8. The Morgan fingerprint density at radius 3 is 1.62 bits per heavy atom. The maximum atomic E-state index is 14.9. The van der Waals surface area contributed by atoms with E-state index < -0.39 is 5.41 Å². The van der Waals surface area contributed by atoms with Crippen LogP contribution >= 0.6 is 68.0 Å². The lowest BCUT2D eigenvalue weighted by Gasteiger charge is -2.32. The SMILES string of the molecule is CCCCCCCCN1C(=O)c2sc3c(-c4cc5c(-c6ccc(CC(CC)CCCC)s6)c6sc(C(CC)(CCC)c7ccccc7)cc6c(-c6ccc(CC(CC)CCCC)s6)c5s4)sc(C(C)(C)c4ccccc4)c3c2C1=O. The number of thiophene rings is 6. The van der Waals surface area contributed by atoms with E-state index in [1.54, 1.807) is 16.2 Å². The van der Waals surface area contributed by atoms with Crippen LogP contribution in [0.4, 0.5) is 0 Å². The number of rotatable bonds is 29. The number of hydrogen-bond donors (Lipinski definition) is 0. The first kappa shape index (κ1) is 59.0. The molecule has 0 aliphatic carbocycles. The summed E-state index contributed by atoms with van der Waals surface area (Å²) in [5.41, 5.74) is 5.45. The number of fused-ring (bicyclic) bond motifs is 5. The Bertz CT molecular complexity index is 3430. The van der Waals surface area contributed by atoms with Crippen LogP contribution < -0.4 is 0 Å². The molecule has 10 rings (SSSR count). The number of carbonyl (C=O) groups is 2. The van der Waals surface area contributed by atoms with Crippen molar-refractivity contribution < 1.29 is 9.59 Å². The first-order valence-electron chi connectivity index (χ1n) is 30.7. The average molecular weight is 1180 g/mol. The van der Waals surface area contributed by atoms with E-state index in [1.807, 2.05) is 45.3 Å². The van der Waals surface area contributed by atoms with E-state index in [4.69, 9.17) is 0 Å². The molecule has 0 saturated carbocycles. The van der Waals surface area contributed by atoms with Gasteiger partial charge in [-0.05, 0) is 91.5 Å². The molecule has 9 heteroatoms. The number of unbranched alkanes of at least 4 members (excludes halogenated alkanes) is 7. The minimum absolute atomic E-state index is 0.111. The lowest BCUT2D eigenvalue weighted by molar-refractivity contribution is 0.0653. The van der Waals surface area contributed by atoms with Gasteiger partial charge in [-0.1, -0.05) is 213 Å². The normalized spacial score (nSPS) is 14.6. The maximum Gasteiger partial charge on any atom is 0.271 e. The van der Waals surface area contributed by atoms with Gasteiger partial charge in [-0.25, -0.2) is 0 Å². The molecule has 1 aliphatic rings. The number of imide groups is 1. The van der Waals surface area contributed by atoms with E-state index >= 15 is 0 Å². The highest BCUT2D eigenvalue weighted by atomic mass is 32.1. The zero-order valence-corrected chi connectivity index (χ0v) is 54.1. The fourth-order valence-electron chi connectivity index (χ4n) is 13.0. The van der Waals surface area contributed by atoms with Crippen LogP contribution in [-0.2, 0) is 23.7 Å². The lowest BCUT2D eigenvalue weighted by atomic mass is 9.73. The maximum absolute atomic E-state index is 14.9. The summed E-state index contributed by atoms with van der Waals surface area (Å²) in [6.45, 7) is 21.5. The van der Waals surface area contributed by atoms with Crippen LogP contribution in [0.2, 0.25) is 0 Å². The second-order valence-electron chi connectivity index (χ2n) is 23.6. The molecule has 422 valence electrons. The molecular weight excluding hydrogens is 1090 g/mol. The van der Waals surface area contributed by atoms with E-state index in [-0.39, 0.29) is 17.2 Å². The molecule has 80 heavy (non-hydrogen) atoms. The van der Waals surface area contributed by atoms with Crippen molar-refractivity contribution in [1.29, 1.82) is 0 Å². The molecule has 3 aromatic carbocycles. The van der Waals surface area contributed by atoms with E-state index in [2.05, 4.69) is 171 Å². The van der Waals surface area contributed by atoms with Gasteiger partial charge in [0.25, 0.3) is 11.8 Å². The Hall–Kier alpha value is -4.22. The van der Waals surface area contributed by atoms with Crippen LogP contribution in [0, 0.1) is 11.8 Å². The van der Waals surface area contributed by atoms with Gasteiger partial charge in [0.15, 0.2) is 0 Å². The van der Waals surface area contributed by atoms with Gasteiger partial charge in [-0.15, -0.1) is 68.0 Å². The summed E-state index contributed by atoms with van der Waals surface area (Å²) in [4.78, 5) is 42.4. The molecular formula is C71H85NO2S6. The third kappa shape index (κ3) is 11.4. The average Bonchev–Trinajstić information content (AvgIpc) is 2.74. The van der Waals surface area contributed by atoms with Gasteiger partial charge < -0.3 is 0 Å². The van der Waals surface area contributed by atoms with Gasteiger partial charge in [0, 0.05) is 88.2 Å². The molecule has 1 aliphatic heterocycles. The molecule has 3 nitrogen and oxygen atoms in total. The van der Waals surface area contributed by atoms with E-state index in [9.17, 15) is 9.59 Å². The third-order valence-corrected chi connectivity index (χ3v) is 25.7. The molecule has 0 N–H and O–H groups in total. The predicted octanol–water partition coefficient (Wildman–Crippen LogP) is 23.8. The minimum atomic E-state index is -0.427. The molecule has 3 unspecified atom stereocenters. The van der Waals surface area contributed by atoms with Crippen LogP contribution in [0.1, 0.15) is 222 Å². The van der Waals surface area contributed by atoms with Crippen molar-refractivity contribution in [2.75, 3.05) is 6.54 Å². The summed E-state index contributed by atoms with van der Waals surface area (Å²) < 4.78 is 3.82. The number of amides is 2. The predicted molar refractivity (Wildman–Crippen MR) is 356 cm³/mol. The van der Waals surface area contributed by atoms with Gasteiger partial charge in [0.2, 0.25) is 0 Å². The molecule has 0 saturated heterocycles. The summed E-state index contributed by atoms with van der Waals surface area (Å²) >= 11 is 11.5. The topological polar surface area (TPSA) is 37.4 Å². The molecule has 6 aromatic heterocycles. The summed E-state index contributed by atoms with van der Waals surface area (Å²) in [5, 5.41) is 3.69. The zero-order chi connectivity index (χ0) is 56.1. The van der Waals surface area contributed by atoms with Gasteiger partial charge in [0.1, 0.15) is 4.88 Å². The number of benzene rings is 3. The van der Waals surface area contributed by atoms with E-state index in [1.165, 1.54) is 147 Å². The second kappa shape index (κ2) is 26.1. The number of nitrogens with zero attached hydrogens (tertiary/aromatic N) is 1. The molecule has 0 bridgehead atoms. The van der Waals surface area contributed by atoms with E-state index in [0.29, 0.717) is 28.8 Å². The highest BCUT2D eigenvalue weighted by Gasteiger charge is 2.43. The van der Waals surface area contributed by atoms with Crippen molar-refractivity contribution in [1.82, 2.24) is 4.90 Å². The van der Waals surface area contributed by atoms with Crippen molar-refractivity contribution in [3.05, 3.63) is 138 Å². The zero-order valence-electron chi connectivity index (χ0n) is 49.2. The van der Waals surface area contributed by atoms with Crippen LogP contribution in [0.5, 0.6) is 0 Å². The molecule has 3 atom stereocenters. The quantitative estimate of drug-likeness (QED) is 0.0346. The van der Waals surface area contributed by atoms with Crippen molar-refractivity contribution in [3.63, 3.8) is 0 Å². The molecule has 2 amide bonds. The molecule has 7 heterocycles. The summed E-state index contributed by atoms with van der Waals surface area (Å²) in [7, 11) is 0. The highest BCUT2D eigenvalue weighted by Crippen LogP contribution is 2.59. The monoisotopic (exact) mass is 1180 g/mol. The molecule has 0 radical (unpaired) electrons. The molecule has 0 fully saturated rings. The summed E-state index contributed by atoms with van der Waals surface area (Å²) in [6, 6.07) is 37.2. The minimum Gasteiger partial charge on any atom is -0.274 e. The van der Waals surface area contributed by atoms with Crippen molar-refractivity contribution >= 4 is 110 Å². The summed E-state index contributed by atoms with van der Waals surface area (Å²) in [5.74, 6) is 1.14. The van der Waals surface area contributed by atoms with Crippen LogP contribution in [0.3, 0.4) is 0 Å². The Morgan fingerprint density at radius 1 is 0.487 bits per heavy atom. The third-order valence-electron chi connectivity index (χ3n) is 17.9. The summed E-state index contributed by atoms with van der Waals surface area (Å²) in [6.07, 6.45) is 22.1. The van der Waals surface area contributed by atoms with Gasteiger partial charge in [-0.3, -0.25) is 14.5 Å². The molecule has 9 aromatic rings. The second-order valence-corrected chi connectivity index (χ2v) is 30.1. The van der Waals surface area contributed by atoms with Crippen LogP contribution in [0.25, 0.3) is 60.9 Å².